The van der Waals surface area contributed by atoms with Crippen molar-refractivity contribution < 1.29 is 14.3 Å². The van der Waals surface area contributed by atoms with Gasteiger partial charge < -0.3 is 20.3 Å². The molecule has 0 spiro atoms. The van der Waals surface area contributed by atoms with Gasteiger partial charge in [0, 0.05) is 49.1 Å². The Kier molecular flexibility index (Phi) is 6.69. The molecule has 32 heavy (non-hydrogen) atoms. The van der Waals surface area contributed by atoms with Gasteiger partial charge in [0.1, 0.15) is 6.04 Å². The number of nitrogens with zero attached hydrogens (tertiary/aromatic N) is 2. The Bertz CT molecular complexity index is 997. The van der Waals surface area contributed by atoms with E-state index >= 15 is 0 Å². The van der Waals surface area contributed by atoms with Crippen LogP contribution in [0.2, 0.25) is 5.02 Å². The smallest absolute Gasteiger partial charge is 0.322 e. The number of benzene rings is 2. The number of carbonyl (C=O) groups excluding carboxylic acids is 2. The summed E-state index contributed by atoms with van der Waals surface area (Å²) in [6, 6.07) is 12.3. The van der Waals surface area contributed by atoms with Crippen LogP contribution in [-0.4, -0.2) is 61.1 Å². The number of likely N-dealkylation sites (N-methyl/N-ethyl adjacent to an activating group) is 1. The molecule has 1 fully saturated rings. The second-order valence-corrected chi connectivity index (χ2v) is 8.94. The van der Waals surface area contributed by atoms with Gasteiger partial charge in [-0.15, -0.1) is 0 Å². The lowest BCUT2D eigenvalue weighted by molar-refractivity contribution is -0.119. The molecule has 3 atom stereocenters. The van der Waals surface area contributed by atoms with E-state index < -0.39 is 6.04 Å². The molecule has 0 aromatic heterocycles. The van der Waals surface area contributed by atoms with Crippen molar-refractivity contribution in [2.45, 2.75) is 38.0 Å². The third-order valence-electron chi connectivity index (χ3n) is 6.51. The van der Waals surface area contributed by atoms with E-state index in [0.717, 1.165) is 18.7 Å². The van der Waals surface area contributed by atoms with Gasteiger partial charge in [0.25, 0.3) is 0 Å². The molecule has 4 rings (SSSR count). The summed E-state index contributed by atoms with van der Waals surface area (Å²) < 4.78 is 5.46. The van der Waals surface area contributed by atoms with Gasteiger partial charge in [0.2, 0.25) is 5.91 Å². The molecule has 0 aliphatic carbocycles. The number of nitrogens with one attached hydrogen (secondary N) is 2. The Morgan fingerprint density at radius 1 is 1.09 bits per heavy atom. The average molecular weight is 457 g/mol. The van der Waals surface area contributed by atoms with E-state index in [1.54, 1.807) is 31.4 Å². The van der Waals surface area contributed by atoms with Crippen LogP contribution in [0.5, 0.6) is 0 Å². The molecule has 2 aliphatic heterocycles. The number of amides is 3. The fourth-order valence-corrected chi connectivity index (χ4v) is 4.56. The van der Waals surface area contributed by atoms with Crippen molar-refractivity contribution in [1.82, 2.24) is 9.80 Å². The molecule has 2 unspecified atom stereocenters. The molecule has 0 bridgehead atoms. The summed E-state index contributed by atoms with van der Waals surface area (Å²) in [6.07, 6.45) is 1.20. The molecule has 170 valence electrons. The Balaban J connectivity index is 1.47. The number of carbonyl (C=O) groups is 2. The van der Waals surface area contributed by atoms with Gasteiger partial charge in [-0.1, -0.05) is 17.7 Å². The van der Waals surface area contributed by atoms with Crippen LogP contribution < -0.4 is 10.6 Å². The molecule has 2 N–H and O–H groups in total. The lowest BCUT2D eigenvalue weighted by atomic mass is 9.93. The van der Waals surface area contributed by atoms with Gasteiger partial charge in [-0.25, -0.2) is 4.79 Å². The maximum absolute atomic E-state index is 13.2. The van der Waals surface area contributed by atoms with Crippen LogP contribution in [0, 0.1) is 0 Å². The van der Waals surface area contributed by atoms with Crippen LogP contribution >= 0.6 is 11.6 Å². The summed E-state index contributed by atoms with van der Waals surface area (Å²) in [7, 11) is 3.72. The van der Waals surface area contributed by atoms with Crippen LogP contribution in [0.15, 0.2) is 42.5 Å². The van der Waals surface area contributed by atoms with E-state index in [2.05, 4.69) is 41.6 Å². The van der Waals surface area contributed by atoms with E-state index in [4.69, 9.17) is 16.3 Å². The van der Waals surface area contributed by atoms with Crippen LogP contribution in [-0.2, 0) is 16.0 Å². The molecule has 2 aromatic carbocycles. The number of hydrogen-bond donors (Lipinski definition) is 2. The molecule has 1 saturated heterocycles. The van der Waals surface area contributed by atoms with Gasteiger partial charge in [0.05, 0.1) is 6.10 Å². The zero-order chi connectivity index (χ0) is 22.8. The van der Waals surface area contributed by atoms with Gasteiger partial charge in [-0.3, -0.25) is 9.69 Å². The maximum atomic E-state index is 13.2. The summed E-state index contributed by atoms with van der Waals surface area (Å²) >= 11 is 5.92. The molecule has 0 radical (unpaired) electrons. The first-order valence-corrected chi connectivity index (χ1v) is 11.2. The fourth-order valence-electron chi connectivity index (χ4n) is 4.43. The number of urea groups is 1. The highest BCUT2D eigenvalue weighted by molar-refractivity contribution is 6.30. The molecule has 2 aromatic rings. The van der Waals surface area contributed by atoms with Crippen LogP contribution in [0.25, 0.3) is 0 Å². The summed E-state index contributed by atoms with van der Waals surface area (Å²) in [5.41, 5.74) is 3.92. The van der Waals surface area contributed by atoms with Gasteiger partial charge in [-0.05, 0) is 67.9 Å². The summed E-state index contributed by atoms with van der Waals surface area (Å²) in [6.45, 7) is 3.53. The Morgan fingerprint density at radius 2 is 1.81 bits per heavy atom. The highest BCUT2D eigenvalue weighted by atomic mass is 35.5. The van der Waals surface area contributed by atoms with E-state index in [1.165, 1.54) is 16.0 Å². The summed E-state index contributed by atoms with van der Waals surface area (Å²) in [5, 5.41) is 6.45. The number of fused-ring (bicyclic) bond motifs is 1. The quantitative estimate of drug-likeness (QED) is 0.724. The minimum atomic E-state index is -0.617. The molecular weight excluding hydrogens is 428 g/mol. The molecule has 2 aliphatic rings. The average Bonchev–Trinajstić information content (AvgIpc) is 3.23. The highest BCUT2D eigenvalue weighted by Gasteiger charge is 2.40. The van der Waals surface area contributed by atoms with Crippen molar-refractivity contribution in [2.24, 2.45) is 0 Å². The van der Waals surface area contributed by atoms with Crippen LogP contribution in [0.4, 0.5) is 16.2 Å². The maximum Gasteiger partial charge on any atom is 0.322 e. The van der Waals surface area contributed by atoms with E-state index in [-0.39, 0.29) is 18.0 Å². The van der Waals surface area contributed by atoms with Crippen molar-refractivity contribution in [3.63, 3.8) is 0 Å². The van der Waals surface area contributed by atoms with E-state index in [9.17, 15) is 9.59 Å². The van der Waals surface area contributed by atoms with Crippen molar-refractivity contribution >= 4 is 34.9 Å². The van der Waals surface area contributed by atoms with E-state index in [1.807, 2.05) is 6.07 Å². The fraction of sp³-hybridized carbons (Fsp3) is 0.417. The van der Waals surface area contributed by atoms with Crippen LogP contribution in [0.1, 0.15) is 30.5 Å². The third kappa shape index (κ3) is 4.75. The number of methoxy groups -OCH3 is 1. The summed E-state index contributed by atoms with van der Waals surface area (Å²) in [4.78, 5) is 29.9. The van der Waals surface area contributed by atoms with Crippen molar-refractivity contribution in [3.05, 3.63) is 58.6 Å². The zero-order valence-electron chi connectivity index (χ0n) is 18.6. The number of likely N-dealkylation sites (tertiary alicyclic amines) is 1. The number of halogens is 1. The molecule has 3 amide bonds. The predicted octanol–water partition coefficient (Wildman–Crippen LogP) is 4.15. The van der Waals surface area contributed by atoms with Crippen LogP contribution in [0.3, 0.4) is 0 Å². The van der Waals surface area contributed by atoms with Gasteiger partial charge >= 0.3 is 6.03 Å². The second kappa shape index (κ2) is 9.48. The number of anilines is 2. The highest BCUT2D eigenvalue weighted by Crippen LogP contribution is 2.30. The Labute approximate surface area is 193 Å². The topological polar surface area (TPSA) is 73.9 Å². The SMILES string of the molecule is CO[C@@H]1CC(C(=O)Nc2ccc3c(c2)CCN(C)C3C)N(C(=O)Nc2ccc(Cl)cc2)C1. The largest absolute Gasteiger partial charge is 0.380 e. The van der Waals surface area contributed by atoms with Crippen molar-refractivity contribution in [1.29, 1.82) is 0 Å². The second-order valence-electron chi connectivity index (χ2n) is 8.51. The minimum absolute atomic E-state index is 0.193. The van der Waals surface area contributed by atoms with Crippen molar-refractivity contribution in [3.8, 4) is 0 Å². The molecular formula is C24H29ClN4O3. The van der Waals surface area contributed by atoms with Gasteiger partial charge in [0.15, 0.2) is 0 Å². The number of hydrogen-bond acceptors (Lipinski definition) is 4. The predicted molar refractivity (Wildman–Crippen MR) is 126 cm³/mol. The third-order valence-corrected chi connectivity index (χ3v) is 6.76. The minimum Gasteiger partial charge on any atom is -0.380 e. The normalized spacial score (nSPS) is 23.0. The first-order chi connectivity index (χ1) is 15.4. The monoisotopic (exact) mass is 456 g/mol. The number of ether oxygens (including phenoxy) is 1. The lowest BCUT2D eigenvalue weighted by Crippen LogP contribution is -2.45. The summed E-state index contributed by atoms with van der Waals surface area (Å²) in [5.74, 6) is -0.211. The zero-order valence-corrected chi connectivity index (χ0v) is 19.4. The Morgan fingerprint density at radius 3 is 2.53 bits per heavy atom. The molecule has 0 saturated carbocycles. The molecule has 2 heterocycles. The molecule has 8 heteroatoms. The Hall–Kier alpha value is -2.61. The standard InChI is InChI=1S/C24H29ClN4O3/c1-15-21-9-8-19(12-16(21)10-11-28(15)2)26-23(30)22-13-20(32-3)14-29(22)24(31)27-18-6-4-17(25)5-7-18/h4-9,12,15,20,22H,10-11,13-14H2,1-3H3,(H,26,30)(H,27,31)/t15?,20-,22?/m1/s1. The number of rotatable bonds is 4. The first kappa shape index (κ1) is 22.6. The first-order valence-electron chi connectivity index (χ1n) is 10.9. The van der Waals surface area contributed by atoms with Crippen molar-refractivity contribution in [2.75, 3.05) is 37.9 Å². The lowest BCUT2D eigenvalue weighted by Gasteiger charge is -2.32. The van der Waals surface area contributed by atoms with E-state index in [0.29, 0.717) is 29.7 Å². The van der Waals surface area contributed by atoms with Gasteiger partial charge in [-0.2, -0.15) is 0 Å². The molecule has 7 nitrogen and oxygen atoms in total.